The van der Waals surface area contributed by atoms with E-state index in [1.54, 1.807) is 0 Å². The van der Waals surface area contributed by atoms with Gasteiger partial charge in [-0.05, 0) is 51.4 Å². The first-order valence-corrected chi connectivity index (χ1v) is 24.3. The van der Waals surface area contributed by atoms with Crippen LogP contribution in [0.15, 0.2) is 36.5 Å². The van der Waals surface area contributed by atoms with Gasteiger partial charge in [0.1, 0.15) is 13.2 Å². The van der Waals surface area contributed by atoms with Crippen molar-refractivity contribution in [2.24, 2.45) is 0 Å². The Kier molecular flexibility index (Phi) is 37.4. The van der Waals surface area contributed by atoms with Crippen molar-refractivity contribution in [2.75, 3.05) is 40.9 Å². The summed E-state index contributed by atoms with van der Waals surface area (Å²) in [5, 5.41) is 13.8. The number of phosphoric ester groups is 1. The predicted octanol–water partition coefficient (Wildman–Crippen LogP) is 12.7. The molecule has 0 spiro atoms. The van der Waals surface area contributed by atoms with Crippen molar-refractivity contribution in [1.82, 2.24) is 5.32 Å². The number of likely N-dealkylation sites (N-methyl/N-ethyl adjacent to an activating group) is 1. The van der Waals surface area contributed by atoms with Gasteiger partial charge in [-0.15, -0.1) is 0 Å². The van der Waals surface area contributed by atoms with Gasteiger partial charge in [0.2, 0.25) is 5.91 Å². The molecule has 0 aromatic carbocycles. The normalized spacial score (nSPS) is 14.7. The number of rotatable bonds is 41. The van der Waals surface area contributed by atoms with E-state index in [0.29, 0.717) is 23.9 Å². The number of carbonyl (C=O) groups excluding carboxylic acids is 1. The highest BCUT2D eigenvalue weighted by molar-refractivity contribution is 7.47. The van der Waals surface area contributed by atoms with Gasteiger partial charge in [0.05, 0.1) is 39.9 Å². The minimum Gasteiger partial charge on any atom is -0.391 e. The quantitative estimate of drug-likeness (QED) is 0.0246. The van der Waals surface area contributed by atoms with Crippen molar-refractivity contribution in [3.8, 4) is 0 Å². The van der Waals surface area contributed by atoms with Crippen molar-refractivity contribution in [2.45, 2.75) is 212 Å². The summed E-state index contributed by atoms with van der Waals surface area (Å²) < 4.78 is 23.5. The third-order valence-electron chi connectivity index (χ3n) is 10.1. The number of unbranched alkanes of at least 4 members (excludes halogenated alkanes) is 22. The van der Waals surface area contributed by atoms with Gasteiger partial charge in [-0.3, -0.25) is 13.8 Å². The number of amides is 1. The topological polar surface area (TPSA) is 105 Å². The summed E-state index contributed by atoms with van der Waals surface area (Å²) in [5.41, 5.74) is 0. The second-order valence-electron chi connectivity index (χ2n) is 16.8. The summed E-state index contributed by atoms with van der Waals surface area (Å²) >= 11 is 0. The number of nitrogens with one attached hydrogen (secondary N) is 1. The Morgan fingerprint density at radius 1 is 0.618 bits per heavy atom. The maximum atomic E-state index is 12.8. The Balaban J connectivity index is 4.01. The Morgan fingerprint density at radius 2 is 1.04 bits per heavy atom. The van der Waals surface area contributed by atoms with Crippen molar-refractivity contribution in [1.29, 1.82) is 0 Å². The van der Waals surface area contributed by atoms with Gasteiger partial charge in [0.25, 0.3) is 0 Å². The minimum absolute atomic E-state index is 0.0732. The van der Waals surface area contributed by atoms with Crippen molar-refractivity contribution < 1.29 is 32.9 Å². The third kappa shape index (κ3) is 40.7. The van der Waals surface area contributed by atoms with Crippen LogP contribution in [0.5, 0.6) is 0 Å². The molecular formula is C46H90N2O6P+. The maximum Gasteiger partial charge on any atom is 0.472 e. The fraction of sp³-hybridized carbons (Fsp3) is 0.848. The number of nitrogens with zero attached hydrogens (tertiary/aromatic N) is 1. The molecule has 0 aromatic rings. The number of hydrogen-bond acceptors (Lipinski definition) is 5. The summed E-state index contributed by atoms with van der Waals surface area (Å²) in [5.74, 6) is -0.153. The van der Waals surface area contributed by atoms with Crippen LogP contribution in [-0.2, 0) is 18.4 Å². The number of quaternary nitrogens is 1. The number of aliphatic hydroxyl groups is 1. The zero-order valence-electron chi connectivity index (χ0n) is 36.7. The highest BCUT2D eigenvalue weighted by atomic mass is 31.2. The van der Waals surface area contributed by atoms with E-state index in [1.165, 1.54) is 122 Å². The molecule has 0 saturated heterocycles. The van der Waals surface area contributed by atoms with E-state index in [1.807, 2.05) is 21.1 Å². The fourth-order valence-corrected chi connectivity index (χ4v) is 7.20. The molecule has 0 bridgehead atoms. The van der Waals surface area contributed by atoms with Crippen LogP contribution in [0.3, 0.4) is 0 Å². The Hall–Kier alpha value is -1.28. The summed E-state index contributed by atoms with van der Waals surface area (Å²) in [6.07, 6.45) is 46.4. The minimum atomic E-state index is -4.30. The van der Waals surface area contributed by atoms with E-state index in [4.69, 9.17) is 9.05 Å². The van der Waals surface area contributed by atoms with Gasteiger partial charge in [-0.25, -0.2) is 4.57 Å². The predicted molar refractivity (Wildman–Crippen MR) is 235 cm³/mol. The van der Waals surface area contributed by atoms with Crippen LogP contribution in [0.2, 0.25) is 0 Å². The largest absolute Gasteiger partial charge is 0.472 e. The molecule has 8 nitrogen and oxygen atoms in total. The molecule has 3 N–H and O–H groups in total. The molecule has 55 heavy (non-hydrogen) atoms. The van der Waals surface area contributed by atoms with Crippen LogP contribution in [0.25, 0.3) is 0 Å². The van der Waals surface area contributed by atoms with Crippen LogP contribution < -0.4 is 5.32 Å². The third-order valence-corrected chi connectivity index (χ3v) is 11.1. The molecule has 0 rings (SSSR count). The Morgan fingerprint density at radius 3 is 1.51 bits per heavy atom. The molecule has 0 saturated carbocycles. The van der Waals surface area contributed by atoms with E-state index in [9.17, 15) is 19.4 Å². The number of allylic oxidation sites excluding steroid dienone is 6. The fourth-order valence-electron chi connectivity index (χ4n) is 6.46. The van der Waals surface area contributed by atoms with Crippen LogP contribution >= 0.6 is 7.82 Å². The maximum absolute atomic E-state index is 12.8. The highest BCUT2D eigenvalue weighted by Crippen LogP contribution is 2.43. The number of aliphatic hydroxyl groups excluding tert-OH is 1. The van der Waals surface area contributed by atoms with Gasteiger partial charge in [-0.1, -0.05) is 179 Å². The highest BCUT2D eigenvalue weighted by Gasteiger charge is 2.28. The van der Waals surface area contributed by atoms with Crippen molar-refractivity contribution >= 4 is 13.7 Å². The average molecular weight is 798 g/mol. The Bertz CT molecular complexity index is 995. The molecule has 0 aromatic heterocycles. The lowest BCUT2D eigenvalue weighted by molar-refractivity contribution is -0.870. The van der Waals surface area contributed by atoms with Gasteiger partial charge < -0.3 is 19.8 Å². The van der Waals surface area contributed by atoms with Gasteiger partial charge in [-0.2, -0.15) is 0 Å². The lowest BCUT2D eigenvalue weighted by Crippen LogP contribution is -2.46. The van der Waals surface area contributed by atoms with E-state index >= 15 is 0 Å². The molecule has 0 radical (unpaired) electrons. The summed E-state index contributed by atoms with van der Waals surface area (Å²) in [4.78, 5) is 23.0. The molecule has 1 amide bonds. The standard InChI is InChI=1S/C46H89N2O6P/c1-6-8-10-12-14-15-16-17-18-19-20-21-22-23-24-25-26-27-28-29-30-31-32-33-34-36-38-40-46(50)47-44(45(49)39-37-35-13-11-9-7-2)43-54-55(51,52)53-42-41-48(3,4)5/h16-17,19-20,22-23,44-45,49H,6-15,18,21,24-43H2,1-5H3,(H-,47,50,51,52)/p+1/b17-16-,20-19-,23-22-. The zero-order valence-corrected chi connectivity index (χ0v) is 37.6. The number of hydrogen-bond donors (Lipinski definition) is 3. The van der Waals surface area contributed by atoms with Crippen molar-refractivity contribution in [3.63, 3.8) is 0 Å². The molecule has 3 unspecified atom stereocenters. The Labute approximate surface area is 340 Å². The molecule has 324 valence electrons. The number of phosphoric acid groups is 1. The van der Waals surface area contributed by atoms with Crippen LogP contribution in [0, 0.1) is 0 Å². The summed E-state index contributed by atoms with van der Waals surface area (Å²) in [7, 11) is 1.61. The summed E-state index contributed by atoms with van der Waals surface area (Å²) in [6.45, 7) is 4.80. The van der Waals surface area contributed by atoms with Crippen LogP contribution in [-0.4, -0.2) is 73.4 Å². The molecular weight excluding hydrogens is 707 g/mol. The molecule has 0 aliphatic carbocycles. The van der Waals surface area contributed by atoms with E-state index in [-0.39, 0.29) is 19.1 Å². The molecule has 0 heterocycles. The lowest BCUT2D eigenvalue weighted by Gasteiger charge is -2.26. The number of carbonyl (C=O) groups is 1. The monoisotopic (exact) mass is 798 g/mol. The van der Waals surface area contributed by atoms with Crippen LogP contribution in [0.4, 0.5) is 0 Å². The summed E-state index contributed by atoms with van der Waals surface area (Å²) in [6, 6.07) is -0.757. The molecule has 0 aliphatic rings. The van der Waals surface area contributed by atoms with Crippen molar-refractivity contribution in [3.05, 3.63) is 36.5 Å². The van der Waals surface area contributed by atoms with E-state index in [2.05, 4.69) is 55.6 Å². The first-order chi connectivity index (χ1) is 26.5. The first-order valence-electron chi connectivity index (χ1n) is 22.9. The SMILES string of the molecule is CCCCCCC/C=C\C/C=C\C/C=C\CCCCCCCCCCCCCCC(=O)NC(COP(=O)(O)OCC[N+](C)(C)C)C(O)CCCCCCCC. The van der Waals surface area contributed by atoms with Gasteiger partial charge >= 0.3 is 7.82 Å². The smallest absolute Gasteiger partial charge is 0.391 e. The van der Waals surface area contributed by atoms with Gasteiger partial charge in [0.15, 0.2) is 0 Å². The van der Waals surface area contributed by atoms with Gasteiger partial charge in [0, 0.05) is 6.42 Å². The average Bonchev–Trinajstić information content (AvgIpc) is 3.13. The second-order valence-corrected chi connectivity index (χ2v) is 18.2. The van der Waals surface area contributed by atoms with E-state index < -0.39 is 20.0 Å². The molecule has 9 heteroatoms. The molecule has 0 fully saturated rings. The first kappa shape index (κ1) is 53.7. The van der Waals surface area contributed by atoms with E-state index in [0.717, 1.165) is 51.4 Å². The lowest BCUT2D eigenvalue weighted by atomic mass is 10.0. The molecule has 0 aliphatic heterocycles. The van der Waals surface area contributed by atoms with Crippen LogP contribution in [0.1, 0.15) is 200 Å². The molecule has 3 atom stereocenters. The zero-order chi connectivity index (χ0) is 40.7. The second kappa shape index (κ2) is 38.2.